The Bertz CT molecular complexity index is 388. The molecule has 0 amide bonds. The van der Waals surface area contributed by atoms with Crippen molar-refractivity contribution in [2.75, 3.05) is 20.1 Å². The second-order valence-corrected chi connectivity index (χ2v) is 4.40. The highest BCUT2D eigenvalue weighted by atomic mass is 32.2. The van der Waals surface area contributed by atoms with Gasteiger partial charge in [0.2, 0.25) is 0 Å². The number of hydrogen-bond acceptors (Lipinski definition) is 3. The molecule has 3 nitrogen and oxygen atoms in total. The molecule has 0 radical (unpaired) electrons. The van der Waals surface area contributed by atoms with Crippen LogP contribution in [0.5, 0.6) is 0 Å². The van der Waals surface area contributed by atoms with Crippen LogP contribution in [0, 0.1) is 6.92 Å². The average molecular weight is 287 g/mol. The zero-order valence-corrected chi connectivity index (χ0v) is 13.7. The van der Waals surface area contributed by atoms with Crippen molar-refractivity contribution in [3.05, 3.63) is 23.5 Å². The number of likely N-dealkylation sites (N-methyl/N-ethyl adjacent to an activating group) is 1. The number of hydrogen-bond donors (Lipinski definition) is 0. The summed E-state index contributed by atoms with van der Waals surface area (Å²) < 4.78 is 13.6. The number of halogens is 1. The maximum absolute atomic E-state index is 12.3. The minimum absolute atomic E-state index is 0.133. The van der Waals surface area contributed by atoms with Gasteiger partial charge in [-0.05, 0) is 31.5 Å². The second kappa shape index (κ2) is 10.0. The lowest BCUT2D eigenvalue weighted by Gasteiger charge is -2.22. The van der Waals surface area contributed by atoms with E-state index in [9.17, 15) is 3.89 Å². The van der Waals surface area contributed by atoms with Gasteiger partial charge in [-0.25, -0.2) is 0 Å². The molecule has 0 saturated carbocycles. The maximum Gasteiger partial charge on any atom is 0.187 e. The molecule has 0 atom stereocenters. The third-order valence-electron chi connectivity index (χ3n) is 2.59. The molecule has 5 heteroatoms. The molecule has 19 heavy (non-hydrogen) atoms. The first-order valence-corrected chi connectivity index (χ1v) is 7.61. The van der Waals surface area contributed by atoms with Crippen molar-refractivity contribution in [2.45, 2.75) is 41.0 Å². The van der Waals surface area contributed by atoms with Gasteiger partial charge < -0.3 is 4.90 Å². The van der Waals surface area contributed by atoms with Crippen LogP contribution in [0.15, 0.2) is 12.3 Å². The monoisotopic (exact) mass is 287 g/mol. The number of nitrogens with zero attached hydrogens (tertiary/aromatic N) is 3. The fourth-order valence-electron chi connectivity index (χ4n) is 1.85. The van der Waals surface area contributed by atoms with Crippen LogP contribution < -0.4 is 0 Å². The lowest BCUT2D eigenvalue weighted by atomic mass is 10.0. The van der Waals surface area contributed by atoms with Crippen molar-refractivity contribution in [3.8, 4) is 0 Å². The summed E-state index contributed by atoms with van der Waals surface area (Å²) >= 11 is 0.133. The van der Waals surface area contributed by atoms with E-state index in [4.69, 9.17) is 0 Å². The first-order chi connectivity index (χ1) is 9.20. The van der Waals surface area contributed by atoms with Crippen molar-refractivity contribution in [1.29, 1.82) is 0 Å². The minimum Gasteiger partial charge on any atom is -0.302 e. The van der Waals surface area contributed by atoms with E-state index in [1.807, 2.05) is 34.6 Å². The molecule has 1 aromatic rings. The van der Waals surface area contributed by atoms with Gasteiger partial charge in [0.15, 0.2) is 12.3 Å². The van der Waals surface area contributed by atoms with Crippen molar-refractivity contribution < 1.29 is 3.89 Å². The highest BCUT2D eigenvalue weighted by Gasteiger charge is 2.15. The fraction of sp³-hybridized carbons (Fsp3) is 0.643. The van der Waals surface area contributed by atoms with Gasteiger partial charge in [-0.1, -0.05) is 33.8 Å². The van der Waals surface area contributed by atoms with Crippen molar-refractivity contribution >= 4 is 17.9 Å². The highest BCUT2D eigenvalue weighted by molar-refractivity contribution is 7.92. The van der Waals surface area contributed by atoms with E-state index in [0.29, 0.717) is 0 Å². The molecular weight excluding hydrogens is 261 g/mol. The van der Waals surface area contributed by atoms with E-state index in [1.165, 1.54) is 9.66 Å². The summed E-state index contributed by atoms with van der Waals surface area (Å²) in [5, 5.41) is 4.20. The molecule has 2 heterocycles. The Kier molecular flexibility index (Phi) is 9.61. The topological polar surface area (TPSA) is 21.1 Å². The van der Waals surface area contributed by atoms with Crippen LogP contribution in [0.1, 0.15) is 45.4 Å². The second-order valence-electron chi connectivity index (χ2n) is 3.89. The van der Waals surface area contributed by atoms with Crippen LogP contribution in [-0.2, 0) is 0 Å². The first-order valence-electron chi connectivity index (χ1n) is 6.94. The Labute approximate surface area is 121 Å². The van der Waals surface area contributed by atoms with Crippen LogP contribution in [0.25, 0.3) is 5.57 Å². The molecule has 2 rings (SSSR count). The Balaban J connectivity index is 0.000000741. The van der Waals surface area contributed by atoms with E-state index in [0.717, 1.165) is 30.8 Å². The van der Waals surface area contributed by atoms with Crippen LogP contribution in [0.3, 0.4) is 0 Å². The van der Waals surface area contributed by atoms with E-state index < -0.39 is 0 Å². The summed E-state index contributed by atoms with van der Waals surface area (Å²) in [6, 6.07) is 0. The summed E-state index contributed by atoms with van der Waals surface area (Å²) in [5.41, 5.74) is 3.16. The molecule has 1 aliphatic rings. The molecule has 1 aromatic heterocycles. The lowest BCUT2D eigenvalue weighted by Crippen LogP contribution is -2.25. The van der Waals surface area contributed by atoms with Crippen LogP contribution in [0.4, 0.5) is 3.89 Å². The quantitative estimate of drug-likeness (QED) is 0.807. The summed E-state index contributed by atoms with van der Waals surface area (Å²) in [4.78, 5) is 2.25. The molecule has 0 spiro atoms. The van der Waals surface area contributed by atoms with E-state index in [2.05, 4.69) is 23.1 Å². The lowest BCUT2D eigenvalue weighted by molar-refractivity contribution is 0.372. The summed E-state index contributed by atoms with van der Waals surface area (Å²) in [6.45, 7) is 11.9. The first kappa shape index (κ1) is 18.2. The molecule has 110 valence electrons. The van der Waals surface area contributed by atoms with Crippen molar-refractivity contribution in [2.24, 2.45) is 0 Å². The molecule has 0 saturated heterocycles. The Hall–Kier alpha value is -0.810. The number of aryl methyl sites for hydroxylation is 1. The summed E-state index contributed by atoms with van der Waals surface area (Å²) in [5.74, 6) is 0. The zero-order chi connectivity index (χ0) is 14.8. The summed E-state index contributed by atoms with van der Waals surface area (Å²) in [6.07, 6.45) is 4.96. The van der Waals surface area contributed by atoms with Gasteiger partial charge in [0.1, 0.15) is 0 Å². The van der Waals surface area contributed by atoms with E-state index in [1.54, 1.807) is 6.20 Å². The van der Waals surface area contributed by atoms with Gasteiger partial charge in [0.05, 0.1) is 5.69 Å². The van der Waals surface area contributed by atoms with E-state index >= 15 is 0 Å². The molecule has 0 unspecified atom stereocenters. The minimum atomic E-state index is 0.133. The Morgan fingerprint density at radius 2 is 1.89 bits per heavy atom. The van der Waals surface area contributed by atoms with Gasteiger partial charge in [-0.15, -0.1) is 3.89 Å². The van der Waals surface area contributed by atoms with Gasteiger partial charge in [-0.3, -0.25) is 0 Å². The molecule has 0 aromatic carbocycles. The highest BCUT2D eigenvalue weighted by Crippen LogP contribution is 2.23. The van der Waals surface area contributed by atoms with Crippen molar-refractivity contribution in [1.82, 2.24) is 14.1 Å². The largest absolute Gasteiger partial charge is 0.302 e. The molecular formula is C14H26FN3S. The smallest absolute Gasteiger partial charge is 0.187 e. The molecule has 0 aliphatic carbocycles. The standard InChI is InChI=1S/C10H14FN3S.2C2H6/c1-8-6-14(15-11)12-10(8)9-4-3-5-13(2)7-9;2*1-2/h4,6H,3,5,7H2,1-2H3;2*1-2H3. The van der Waals surface area contributed by atoms with Gasteiger partial charge in [-0.2, -0.15) is 9.19 Å². The Morgan fingerprint density at radius 3 is 2.37 bits per heavy atom. The maximum atomic E-state index is 12.3. The Morgan fingerprint density at radius 1 is 1.26 bits per heavy atom. The predicted octanol–water partition coefficient (Wildman–Crippen LogP) is 4.34. The third-order valence-corrected chi connectivity index (χ3v) is 2.92. The summed E-state index contributed by atoms with van der Waals surface area (Å²) in [7, 11) is 2.09. The SMILES string of the molecule is CC.CC.Cc1cn(SF)nc1C1=CCCN(C)C1. The van der Waals surface area contributed by atoms with Gasteiger partial charge >= 0.3 is 0 Å². The number of aromatic nitrogens is 2. The normalized spacial score (nSPS) is 14.8. The fourth-order valence-corrected chi connectivity index (χ4v) is 2.16. The zero-order valence-electron chi connectivity index (χ0n) is 12.9. The molecule has 0 bridgehead atoms. The molecule has 1 aliphatic heterocycles. The predicted molar refractivity (Wildman–Crippen MR) is 83.8 cm³/mol. The molecule has 0 N–H and O–H groups in total. The van der Waals surface area contributed by atoms with Crippen LogP contribution in [-0.4, -0.2) is 34.2 Å². The van der Waals surface area contributed by atoms with Gasteiger partial charge in [0.25, 0.3) is 0 Å². The molecule has 0 fully saturated rings. The third kappa shape index (κ3) is 5.37. The average Bonchev–Trinajstić information content (AvgIpc) is 2.84. The van der Waals surface area contributed by atoms with Crippen LogP contribution in [0.2, 0.25) is 0 Å². The number of rotatable bonds is 2. The van der Waals surface area contributed by atoms with Crippen molar-refractivity contribution in [3.63, 3.8) is 0 Å². The van der Waals surface area contributed by atoms with Gasteiger partial charge in [0, 0.05) is 19.3 Å². The van der Waals surface area contributed by atoms with Crippen LogP contribution >= 0.6 is 12.3 Å². The van der Waals surface area contributed by atoms with E-state index in [-0.39, 0.29) is 12.3 Å².